The molecule has 4 rings (SSSR count). The van der Waals surface area contributed by atoms with Gasteiger partial charge < -0.3 is 15.6 Å². The molecule has 0 aliphatic heterocycles. The maximum atomic E-state index is 11.5. The van der Waals surface area contributed by atoms with Crippen LogP contribution in [0.5, 0.6) is 5.75 Å². The van der Waals surface area contributed by atoms with Crippen molar-refractivity contribution in [2.75, 3.05) is 12.8 Å². The molecular formula is C17H14N4O3S. The van der Waals surface area contributed by atoms with Crippen molar-refractivity contribution in [3.05, 3.63) is 41.9 Å². The second-order valence-corrected chi connectivity index (χ2v) is 6.70. The Morgan fingerprint density at radius 3 is 2.84 bits per heavy atom. The largest absolute Gasteiger partial charge is 0.495 e. The van der Waals surface area contributed by atoms with Crippen molar-refractivity contribution in [1.82, 2.24) is 14.6 Å². The van der Waals surface area contributed by atoms with E-state index < -0.39 is 5.97 Å². The minimum absolute atomic E-state index is 0.0414. The highest BCUT2D eigenvalue weighted by Gasteiger charge is 2.21. The number of benzene rings is 1. The number of ether oxygens (including phenoxy) is 1. The topological polar surface area (TPSA) is 103 Å². The minimum Gasteiger partial charge on any atom is -0.495 e. The van der Waals surface area contributed by atoms with E-state index in [1.165, 1.54) is 22.2 Å². The molecule has 8 heteroatoms. The number of fused-ring (bicyclic) bond motifs is 2. The van der Waals surface area contributed by atoms with Crippen molar-refractivity contribution in [2.24, 2.45) is 0 Å². The van der Waals surface area contributed by atoms with Gasteiger partial charge in [0.1, 0.15) is 17.6 Å². The van der Waals surface area contributed by atoms with Crippen LogP contribution < -0.4 is 10.5 Å². The van der Waals surface area contributed by atoms with E-state index in [9.17, 15) is 9.90 Å². The van der Waals surface area contributed by atoms with Crippen molar-refractivity contribution in [3.63, 3.8) is 0 Å². The number of nitrogen functional groups attached to an aromatic ring is 1. The minimum atomic E-state index is -1.08. The quantitative estimate of drug-likeness (QED) is 0.586. The first-order valence-electron chi connectivity index (χ1n) is 7.43. The number of carboxylic acids is 1. The standard InChI is InChI=1S/C17H14N4O3S/c1-8-3-9-5-13(25-15(9)12(4-8)24-2)10-6-11(17(22)23)21-14(10)16(18)19-7-20-21/h3-7H,1-2H3,(H,22,23)(H2,18,19,20). The zero-order valence-electron chi connectivity index (χ0n) is 13.5. The number of rotatable bonds is 3. The Balaban J connectivity index is 2.05. The Hall–Kier alpha value is -3.13. The number of aromatic carboxylic acids is 1. The van der Waals surface area contributed by atoms with Crippen LogP contribution in [0.3, 0.4) is 0 Å². The molecule has 0 aliphatic rings. The molecule has 0 bridgehead atoms. The van der Waals surface area contributed by atoms with Crippen molar-refractivity contribution >= 4 is 38.7 Å². The third kappa shape index (κ3) is 2.30. The van der Waals surface area contributed by atoms with Gasteiger partial charge in [0, 0.05) is 10.4 Å². The van der Waals surface area contributed by atoms with E-state index >= 15 is 0 Å². The maximum absolute atomic E-state index is 11.5. The Morgan fingerprint density at radius 1 is 1.32 bits per heavy atom. The number of anilines is 1. The average Bonchev–Trinajstić information content (AvgIpc) is 3.15. The number of nitrogens with two attached hydrogens (primary N) is 1. The molecule has 7 nitrogen and oxygen atoms in total. The van der Waals surface area contributed by atoms with Gasteiger partial charge >= 0.3 is 5.97 Å². The lowest BCUT2D eigenvalue weighted by Crippen LogP contribution is -2.06. The van der Waals surface area contributed by atoms with Gasteiger partial charge in [-0.2, -0.15) is 5.10 Å². The average molecular weight is 354 g/mol. The van der Waals surface area contributed by atoms with Crippen LogP contribution in [0.4, 0.5) is 5.82 Å². The second-order valence-electron chi connectivity index (χ2n) is 5.65. The lowest BCUT2D eigenvalue weighted by Gasteiger charge is -2.02. The van der Waals surface area contributed by atoms with Gasteiger partial charge in [-0.05, 0) is 36.1 Å². The van der Waals surface area contributed by atoms with Crippen molar-refractivity contribution in [3.8, 4) is 16.2 Å². The Kier molecular flexibility index (Phi) is 3.36. The number of hydrogen-bond acceptors (Lipinski definition) is 6. The van der Waals surface area contributed by atoms with Gasteiger partial charge in [-0.1, -0.05) is 6.07 Å². The molecule has 25 heavy (non-hydrogen) atoms. The highest BCUT2D eigenvalue weighted by molar-refractivity contribution is 7.22. The lowest BCUT2D eigenvalue weighted by atomic mass is 10.1. The molecule has 4 aromatic rings. The molecule has 0 spiro atoms. The molecule has 3 aromatic heterocycles. The molecule has 0 aliphatic carbocycles. The molecule has 0 unspecified atom stereocenters. The highest BCUT2D eigenvalue weighted by Crippen LogP contribution is 2.42. The Bertz CT molecular complexity index is 1150. The zero-order valence-corrected chi connectivity index (χ0v) is 14.3. The molecule has 126 valence electrons. The van der Waals surface area contributed by atoms with Crippen LogP contribution in [-0.4, -0.2) is 32.8 Å². The van der Waals surface area contributed by atoms with Crippen LogP contribution in [0.2, 0.25) is 0 Å². The summed E-state index contributed by atoms with van der Waals surface area (Å²) in [6.45, 7) is 2.00. The summed E-state index contributed by atoms with van der Waals surface area (Å²) in [5.74, 6) is -0.0515. The molecule has 0 saturated carbocycles. The number of hydrogen-bond donors (Lipinski definition) is 2. The van der Waals surface area contributed by atoms with E-state index in [1.807, 2.05) is 19.1 Å². The van der Waals surface area contributed by atoms with Crippen molar-refractivity contribution in [2.45, 2.75) is 6.92 Å². The molecule has 0 atom stereocenters. The van der Waals surface area contributed by atoms with E-state index in [-0.39, 0.29) is 11.5 Å². The molecule has 0 radical (unpaired) electrons. The summed E-state index contributed by atoms with van der Waals surface area (Å²) in [7, 11) is 1.63. The predicted molar refractivity (Wildman–Crippen MR) is 96.5 cm³/mol. The third-order valence-corrected chi connectivity index (χ3v) is 5.21. The van der Waals surface area contributed by atoms with Gasteiger partial charge in [-0.3, -0.25) is 0 Å². The number of aromatic nitrogens is 3. The van der Waals surface area contributed by atoms with E-state index in [0.717, 1.165) is 26.3 Å². The van der Waals surface area contributed by atoms with Gasteiger partial charge in [0.15, 0.2) is 11.5 Å². The van der Waals surface area contributed by atoms with E-state index in [0.29, 0.717) is 11.1 Å². The highest BCUT2D eigenvalue weighted by atomic mass is 32.1. The van der Waals surface area contributed by atoms with Crippen LogP contribution in [0.1, 0.15) is 16.1 Å². The number of aryl methyl sites for hydroxylation is 1. The fraction of sp³-hybridized carbons (Fsp3) is 0.118. The molecule has 0 amide bonds. The number of carbonyl (C=O) groups is 1. The predicted octanol–water partition coefficient (Wildman–Crippen LogP) is 3.21. The van der Waals surface area contributed by atoms with Gasteiger partial charge in [-0.15, -0.1) is 11.3 Å². The summed E-state index contributed by atoms with van der Waals surface area (Å²) in [6, 6.07) is 7.62. The van der Waals surface area contributed by atoms with Crippen LogP contribution in [0, 0.1) is 6.92 Å². The van der Waals surface area contributed by atoms with Gasteiger partial charge in [0.25, 0.3) is 0 Å². The van der Waals surface area contributed by atoms with Gasteiger partial charge in [0.2, 0.25) is 0 Å². The Morgan fingerprint density at radius 2 is 2.12 bits per heavy atom. The van der Waals surface area contributed by atoms with Gasteiger partial charge in [0.05, 0.1) is 11.8 Å². The third-order valence-electron chi connectivity index (χ3n) is 4.01. The fourth-order valence-electron chi connectivity index (χ4n) is 2.96. The first-order chi connectivity index (χ1) is 12.0. The lowest BCUT2D eigenvalue weighted by molar-refractivity contribution is 0.0688. The molecule has 0 fully saturated rings. The summed E-state index contributed by atoms with van der Waals surface area (Å²) in [5, 5.41) is 14.5. The maximum Gasteiger partial charge on any atom is 0.354 e. The number of methoxy groups -OCH3 is 1. The monoisotopic (exact) mass is 354 g/mol. The molecule has 3 heterocycles. The van der Waals surface area contributed by atoms with Gasteiger partial charge in [-0.25, -0.2) is 14.3 Å². The Labute approximate surface area is 146 Å². The summed E-state index contributed by atoms with van der Waals surface area (Å²) < 4.78 is 7.78. The second kappa shape index (κ2) is 5.45. The van der Waals surface area contributed by atoms with Crippen molar-refractivity contribution < 1.29 is 14.6 Å². The first kappa shape index (κ1) is 15.4. The summed E-state index contributed by atoms with van der Waals surface area (Å²) in [4.78, 5) is 16.4. The number of carboxylic acid groups (broad SMARTS) is 1. The molecular weight excluding hydrogens is 340 g/mol. The van der Waals surface area contributed by atoms with Crippen molar-refractivity contribution in [1.29, 1.82) is 0 Å². The number of thiophene rings is 1. The normalized spacial score (nSPS) is 11.3. The van der Waals surface area contributed by atoms with Crippen LogP contribution >= 0.6 is 11.3 Å². The molecule has 3 N–H and O–H groups in total. The summed E-state index contributed by atoms with van der Waals surface area (Å²) in [5.41, 5.74) is 8.31. The molecule has 1 aromatic carbocycles. The summed E-state index contributed by atoms with van der Waals surface area (Å²) >= 11 is 1.52. The zero-order chi connectivity index (χ0) is 17.7. The SMILES string of the molecule is COc1cc(C)cc2cc(-c3cc(C(=O)O)n4ncnc(N)c34)sc12. The van der Waals surface area contributed by atoms with E-state index in [4.69, 9.17) is 10.5 Å². The van der Waals surface area contributed by atoms with Crippen LogP contribution in [0.15, 0.2) is 30.6 Å². The van der Waals surface area contributed by atoms with E-state index in [1.54, 1.807) is 13.2 Å². The van der Waals surface area contributed by atoms with Crippen LogP contribution in [-0.2, 0) is 0 Å². The first-order valence-corrected chi connectivity index (χ1v) is 8.25. The number of nitrogens with zero attached hydrogens (tertiary/aromatic N) is 3. The fourth-order valence-corrected chi connectivity index (χ4v) is 4.11. The molecule has 0 saturated heterocycles. The van der Waals surface area contributed by atoms with Crippen LogP contribution in [0.25, 0.3) is 26.0 Å². The summed E-state index contributed by atoms with van der Waals surface area (Å²) in [6.07, 6.45) is 1.25. The smallest absolute Gasteiger partial charge is 0.354 e. The van der Waals surface area contributed by atoms with E-state index in [2.05, 4.69) is 16.1 Å².